The highest BCUT2D eigenvalue weighted by Gasteiger charge is 2.33. The van der Waals surface area contributed by atoms with Crippen LogP contribution in [0.15, 0.2) is 59.5 Å². The Kier molecular flexibility index (Phi) is 8.19. The van der Waals surface area contributed by atoms with Gasteiger partial charge in [0.2, 0.25) is 0 Å². The molecule has 1 N–H and O–H groups in total. The number of nitro benzene ring substituents is 1. The fourth-order valence-electron chi connectivity index (χ4n) is 4.94. The molecule has 36 heavy (non-hydrogen) atoms. The first kappa shape index (κ1) is 26.5. The number of allylic oxidation sites excluding steroid dienone is 2. The topological polar surface area (TPSA) is 119 Å². The molecule has 0 aliphatic heterocycles. The first-order valence-corrected chi connectivity index (χ1v) is 11.8. The molecule has 8 heteroatoms. The molecule has 0 aromatic heterocycles. The molecule has 0 heterocycles. The van der Waals surface area contributed by atoms with Crippen molar-refractivity contribution in [1.82, 2.24) is 0 Å². The van der Waals surface area contributed by atoms with Crippen molar-refractivity contribution in [3.63, 3.8) is 0 Å². The SMILES string of the molecule is C=CCO/N=C(/CC)C1=C(O)CC(c2c(C)cc(C)c(C(=O)c3ccc([N+](=O)[O-])cc3)c2C)CC1=O. The van der Waals surface area contributed by atoms with Gasteiger partial charge in [0.05, 0.1) is 16.2 Å². The minimum atomic E-state index is -0.511. The Bertz CT molecular complexity index is 1290. The molecular formula is C28H30N2O6. The summed E-state index contributed by atoms with van der Waals surface area (Å²) >= 11 is 0. The largest absolute Gasteiger partial charge is 0.511 e. The highest BCUT2D eigenvalue weighted by Crippen LogP contribution is 2.39. The molecule has 0 radical (unpaired) electrons. The van der Waals surface area contributed by atoms with E-state index in [0.29, 0.717) is 23.3 Å². The van der Waals surface area contributed by atoms with Gasteiger partial charge in [0.1, 0.15) is 12.4 Å². The molecule has 0 saturated heterocycles. The average Bonchev–Trinajstić information content (AvgIpc) is 2.82. The van der Waals surface area contributed by atoms with Crippen molar-refractivity contribution in [2.75, 3.05) is 6.61 Å². The molecule has 1 atom stereocenters. The fourth-order valence-corrected chi connectivity index (χ4v) is 4.94. The Balaban J connectivity index is 2.01. The standard InChI is InChI=1S/C28H30N2O6/c1-6-12-36-29-22(7-2)27-23(31)14-20(15-24(27)32)25-16(3)13-17(4)26(18(25)5)28(33)19-8-10-21(11-9-19)30(34)35/h6,8-11,13,20,31H,1,7,12,14-15H2,2-5H3/b29-22-. The molecule has 0 saturated carbocycles. The number of hydrogen-bond acceptors (Lipinski definition) is 7. The number of benzene rings is 2. The lowest BCUT2D eigenvalue weighted by molar-refractivity contribution is -0.384. The highest BCUT2D eigenvalue weighted by molar-refractivity contribution is 6.23. The van der Waals surface area contributed by atoms with Crippen molar-refractivity contribution in [2.45, 2.75) is 52.9 Å². The van der Waals surface area contributed by atoms with Gasteiger partial charge in [-0.3, -0.25) is 19.7 Å². The maximum absolute atomic E-state index is 13.4. The van der Waals surface area contributed by atoms with E-state index in [4.69, 9.17) is 4.84 Å². The van der Waals surface area contributed by atoms with Gasteiger partial charge in [0.25, 0.3) is 5.69 Å². The number of nitro groups is 1. The number of nitrogens with zero attached hydrogens (tertiary/aromatic N) is 2. The molecule has 0 fully saturated rings. The molecule has 2 aromatic rings. The summed E-state index contributed by atoms with van der Waals surface area (Å²) < 4.78 is 0. The minimum Gasteiger partial charge on any atom is -0.511 e. The second-order valence-corrected chi connectivity index (χ2v) is 8.88. The Hall–Kier alpha value is -4.07. The summed E-state index contributed by atoms with van der Waals surface area (Å²) in [6, 6.07) is 7.42. The maximum Gasteiger partial charge on any atom is 0.269 e. The number of hydrogen-bond donors (Lipinski definition) is 1. The van der Waals surface area contributed by atoms with E-state index in [1.165, 1.54) is 24.3 Å². The number of aliphatic hydroxyl groups is 1. The number of carbonyl (C=O) groups excluding carboxylic acids is 2. The van der Waals surface area contributed by atoms with Crippen molar-refractivity contribution in [2.24, 2.45) is 5.16 Å². The van der Waals surface area contributed by atoms with Crippen LogP contribution in [0.5, 0.6) is 0 Å². The summed E-state index contributed by atoms with van der Waals surface area (Å²) in [4.78, 5) is 42.2. The van der Waals surface area contributed by atoms with Crippen LogP contribution in [0.25, 0.3) is 0 Å². The van der Waals surface area contributed by atoms with Crippen LogP contribution in [-0.2, 0) is 9.63 Å². The number of aliphatic hydroxyl groups excluding tert-OH is 1. The number of aryl methyl sites for hydroxylation is 2. The van der Waals surface area contributed by atoms with Gasteiger partial charge in [-0.15, -0.1) is 0 Å². The lowest BCUT2D eigenvalue weighted by Crippen LogP contribution is -2.25. The van der Waals surface area contributed by atoms with E-state index in [2.05, 4.69) is 11.7 Å². The number of oxime groups is 1. The zero-order valence-corrected chi connectivity index (χ0v) is 21.0. The first-order chi connectivity index (χ1) is 17.1. The predicted molar refractivity (Wildman–Crippen MR) is 138 cm³/mol. The smallest absolute Gasteiger partial charge is 0.269 e. The van der Waals surface area contributed by atoms with Crippen LogP contribution in [0.2, 0.25) is 0 Å². The van der Waals surface area contributed by atoms with Crippen LogP contribution in [0, 0.1) is 30.9 Å². The van der Waals surface area contributed by atoms with Crippen molar-refractivity contribution < 1.29 is 24.5 Å². The Morgan fingerprint density at radius 3 is 2.44 bits per heavy atom. The summed E-state index contributed by atoms with van der Waals surface area (Å²) in [6.45, 7) is 11.2. The molecule has 1 unspecified atom stereocenters. The van der Waals surface area contributed by atoms with Gasteiger partial charge in [-0.05, 0) is 67.5 Å². The number of carbonyl (C=O) groups is 2. The van der Waals surface area contributed by atoms with Crippen LogP contribution in [0.3, 0.4) is 0 Å². The average molecular weight is 491 g/mol. The van der Waals surface area contributed by atoms with Gasteiger partial charge in [-0.25, -0.2) is 0 Å². The Morgan fingerprint density at radius 1 is 1.22 bits per heavy atom. The van der Waals surface area contributed by atoms with E-state index < -0.39 is 4.92 Å². The molecule has 3 rings (SSSR count). The van der Waals surface area contributed by atoms with Gasteiger partial charge in [-0.2, -0.15) is 0 Å². The summed E-state index contributed by atoms with van der Waals surface area (Å²) in [5.74, 6) is -0.822. The van der Waals surface area contributed by atoms with Crippen molar-refractivity contribution >= 4 is 23.0 Å². The van der Waals surface area contributed by atoms with Crippen LogP contribution < -0.4 is 0 Å². The van der Waals surface area contributed by atoms with Gasteiger partial charge in [0, 0.05) is 36.1 Å². The van der Waals surface area contributed by atoms with E-state index in [0.717, 1.165) is 22.3 Å². The van der Waals surface area contributed by atoms with Crippen molar-refractivity contribution in [1.29, 1.82) is 0 Å². The van der Waals surface area contributed by atoms with Crippen LogP contribution in [0.1, 0.15) is 70.3 Å². The summed E-state index contributed by atoms with van der Waals surface area (Å²) in [5, 5.41) is 25.9. The van der Waals surface area contributed by atoms with Gasteiger partial charge in [-0.1, -0.05) is 30.8 Å². The summed E-state index contributed by atoms with van der Waals surface area (Å²) in [6.07, 6.45) is 2.36. The minimum absolute atomic E-state index is 0.0401. The zero-order chi connectivity index (χ0) is 26.6. The zero-order valence-electron chi connectivity index (χ0n) is 21.0. The lowest BCUT2D eigenvalue weighted by Gasteiger charge is -2.28. The molecule has 188 valence electrons. The molecular weight excluding hydrogens is 460 g/mol. The van der Waals surface area contributed by atoms with Gasteiger partial charge in [0.15, 0.2) is 11.6 Å². The maximum atomic E-state index is 13.4. The number of non-ortho nitro benzene ring substituents is 1. The van der Waals surface area contributed by atoms with Gasteiger partial charge >= 0.3 is 0 Å². The third-order valence-corrected chi connectivity index (χ3v) is 6.44. The Morgan fingerprint density at radius 2 is 1.89 bits per heavy atom. The highest BCUT2D eigenvalue weighted by atomic mass is 16.6. The van der Waals surface area contributed by atoms with E-state index in [9.17, 15) is 24.8 Å². The summed E-state index contributed by atoms with van der Waals surface area (Å²) in [5.41, 5.74) is 4.64. The van der Waals surface area contributed by atoms with Gasteiger partial charge < -0.3 is 9.94 Å². The monoisotopic (exact) mass is 490 g/mol. The van der Waals surface area contributed by atoms with E-state index in [1.807, 2.05) is 33.8 Å². The van der Waals surface area contributed by atoms with Crippen LogP contribution >= 0.6 is 0 Å². The number of Topliss-reactive ketones (excluding diaryl/α,β-unsaturated/α-hetero) is 1. The fraction of sp³-hybridized carbons (Fsp3) is 0.321. The molecule has 1 aliphatic rings. The molecule has 0 spiro atoms. The van der Waals surface area contributed by atoms with Crippen LogP contribution in [0.4, 0.5) is 5.69 Å². The molecule has 2 aromatic carbocycles. The summed E-state index contributed by atoms with van der Waals surface area (Å²) in [7, 11) is 0. The number of rotatable bonds is 9. The van der Waals surface area contributed by atoms with E-state index in [1.54, 1.807) is 6.08 Å². The van der Waals surface area contributed by atoms with Crippen molar-refractivity contribution in [3.05, 3.63) is 97.8 Å². The van der Waals surface area contributed by atoms with Crippen molar-refractivity contribution in [3.8, 4) is 0 Å². The normalized spacial score (nSPS) is 16.2. The quantitative estimate of drug-likeness (QED) is 0.115. The third kappa shape index (κ3) is 5.27. The van der Waals surface area contributed by atoms with Crippen LogP contribution in [-0.4, -0.2) is 33.9 Å². The molecule has 8 nitrogen and oxygen atoms in total. The third-order valence-electron chi connectivity index (χ3n) is 6.44. The molecule has 1 aliphatic carbocycles. The molecule has 0 bridgehead atoms. The second kappa shape index (κ2) is 11.1. The predicted octanol–water partition coefficient (Wildman–Crippen LogP) is 5.98. The van der Waals surface area contributed by atoms with E-state index in [-0.39, 0.29) is 54.0 Å². The molecule has 0 amide bonds. The lowest BCUT2D eigenvalue weighted by atomic mass is 9.76. The van der Waals surface area contributed by atoms with E-state index >= 15 is 0 Å². The first-order valence-electron chi connectivity index (χ1n) is 11.8. The number of ketones is 2. The Labute approximate surface area is 210 Å². The second-order valence-electron chi connectivity index (χ2n) is 8.88.